The van der Waals surface area contributed by atoms with Gasteiger partial charge in [0.15, 0.2) is 0 Å². The van der Waals surface area contributed by atoms with Crippen LogP contribution in [-0.2, 0) is 11.2 Å². The van der Waals surface area contributed by atoms with E-state index in [1.165, 1.54) is 17.0 Å². The number of amides is 1. The lowest BCUT2D eigenvalue weighted by molar-refractivity contribution is -0.117. The molecule has 0 saturated heterocycles. The third-order valence-corrected chi connectivity index (χ3v) is 4.76. The number of fused-ring (bicyclic) bond motifs is 1. The molecule has 0 spiro atoms. The van der Waals surface area contributed by atoms with E-state index < -0.39 is 5.97 Å². The molecule has 1 amide bonds. The summed E-state index contributed by atoms with van der Waals surface area (Å²) in [5.74, 6) is -1.08. The SMILES string of the molecule is O=C(O)c1ccc(NC(=O)C2CCCc3sccc32)cc1. The topological polar surface area (TPSA) is 66.4 Å². The van der Waals surface area contributed by atoms with Crippen molar-refractivity contribution >= 4 is 28.9 Å². The number of anilines is 1. The van der Waals surface area contributed by atoms with E-state index >= 15 is 0 Å². The average molecular weight is 301 g/mol. The molecule has 1 atom stereocenters. The van der Waals surface area contributed by atoms with Gasteiger partial charge in [0, 0.05) is 10.6 Å². The lowest BCUT2D eigenvalue weighted by atomic mass is 9.87. The maximum absolute atomic E-state index is 12.4. The Hall–Kier alpha value is -2.14. The van der Waals surface area contributed by atoms with Gasteiger partial charge >= 0.3 is 5.97 Å². The predicted molar refractivity (Wildman–Crippen MR) is 82.0 cm³/mol. The van der Waals surface area contributed by atoms with Crippen molar-refractivity contribution in [2.24, 2.45) is 0 Å². The molecular weight excluding hydrogens is 286 g/mol. The smallest absolute Gasteiger partial charge is 0.335 e. The molecule has 2 N–H and O–H groups in total. The highest BCUT2D eigenvalue weighted by Gasteiger charge is 2.27. The maximum Gasteiger partial charge on any atom is 0.335 e. The fourth-order valence-electron chi connectivity index (χ4n) is 2.68. The number of aryl methyl sites for hydroxylation is 1. The Morgan fingerprint density at radius 1 is 1.19 bits per heavy atom. The van der Waals surface area contributed by atoms with E-state index in [0.29, 0.717) is 5.69 Å². The summed E-state index contributed by atoms with van der Waals surface area (Å²) < 4.78 is 0. The van der Waals surface area contributed by atoms with Crippen LogP contribution < -0.4 is 5.32 Å². The minimum absolute atomic E-state index is 0.0163. The zero-order valence-corrected chi connectivity index (χ0v) is 12.2. The van der Waals surface area contributed by atoms with Gasteiger partial charge in [0.1, 0.15) is 0 Å². The zero-order chi connectivity index (χ0) is 14.8. The molecule has 1 aliphatic rings. The molecule has 1 aliphatic carbocycles. The molecular formula is C16H15NO3S. The molecule has 5 heteroatoms. The Kier molecular flexibility index (Phi) is 3.75. The van der Waals surface area contributed by atoms with Crippen molar-refractivity contribution in [3.05, 3.63) is 51.7 Å². The van der Waals surface area contributed by atoms with Gasteiger partial charge in [0.2, 0.25) is 5.91 Å². The van der Waals surface area contributed by atoms with Crippen LogP contribution in [0.1, 0.15) is 39.6 Å². The van der Waals surface area contributed by atoms with Crippen LogP contribution in [0.4, 0.5) is 5.69 Å². The zero-order valence-electron chi connectivity index (χ0n) is 11.3. The molecule has 0 radical (unpaired) electrons. The molecule has 1 unspecified atom stereocenters. The normalized spacial score (nSPS) is 17.0. The molecule has 2 aromatic rings. The number of carboxylic acids is 1. The number of benzene rings is 1. The molecule has 0 fully saturated rings. The third kappa shape index (κ3) is 2.83. The Morgan fingerprint density at radius 2 is 1.95 bits per heavy atom. The second-order valence-electron chi connectivity index (χ2n) is 5.12. The number of carbonyl (C=O) groups excluding carboxylic acids is 1. The first-order valence-electron chi connectivity index (χ1n) is 6.85. The second-order valence-corrected chi connectivity index (χ2v) is 6.12. The monoisotopic (exact) mass is 301 g/mol. The van der Waals surface area contributed by atoms with Gasteiger partial charge in [-0.1, -0.05) is 0 Å². The van der Waals surface area contributed by atoms with Crippen molar-refractivity contribution in [2.45, 2.75) is 25.2 Å². The summed E-state index contributed by atoms with van der Waals surface area (Å²) in [6.45, 7) is 0. The van der Waals surface area contributed by atoms with Crippen LogP contribution in [0.15, 0.2) is 35.7 Å². The van der Waals surface area contributed by atoms with Crippen molar-refractivity contribution in [2.75, 3.05) is 5.32 Å². The van der Waals surface area contributed by atoms with Crippen LogP contribution in [0.5, 0.6) is 0 Å². The van der Waals surface area contributed by atoms with Crippen molar-refractivity contribution in [1.82, 2.24) is 0 Å². The molecule has 0 aliphatic heterocycles. The predicted octanol–water partition coefficient (Wildman–Crippen LogP) is 3.50. The van der Waals surface area contributed by atoms with Gasteiger partial charge in [0.25, 0.3) is 0 Å². The van der Waals surface area contributed by atoms with E-state index in [2.05, 4.69) is 5.32 Å². The third-order valence-electron chi connectivity index (χ3n) is 3.77. The fraction of sp³-hybridized carbons (Fsp3) is 0.250. The number of hydrogen-bond donors (Lipinski definition) is 2. The average Bonchev–Trinajstić information content (AvgIpc) is 2.96. The van der Waals surface area contributed by atoms with Crippen LogP contribution in [0.2, 0.25) is 0 Å². The quantitative estimate of drug-likeness (QED) is 0.911. The van der Waals surface area contributed by atoms with E-state index in [9.17, 15) is 9.59 Å². The summed E-state index contributed by atoms with van der Waals surface area (Å²) in [6, 6.07) is 8.28. The maximum atomic E-state index is 12.4. The van der Waals surface area contributed by atoms with Gasteiger partial charge in [-0.3, -0.25) is 4.79 Å². The van der Waals surface area contributed by atoms with E-state index in [1.807, 2.05) is 11.4 Å². The minimum atomic E-state index is -0.969. The Balaban J connectivity index is 1.74. The Morgan fingerprint density at radius 3 is 2.67 bits per heavy atom. The van der Waals surface area contributed by atoms with Gasteiger partial charge in [-0.2, -0.15) is 0 Å². The lowest BCUT2D eigenvalue weighted by Crippen LogP contribution is -2.23. The number of carbonyl (C=O) groups is 2. The number of rotatable bonds is 3. The molecule has 0 saturated carbocycles. The molecule has 3 rings (SSSR count). The van der Waals surface area contributed by atoms with Crippen LogP contribution in [0, 0.1) is 0 Å². The molecule has 4 nitrogen and oxygen atoms in total. The number of thiophene rings is 1. The van der Waals surface area contributed by atoms with Gasteiger partial charge in [-0.15, -0.1) is 11.3 Å². The standard InChI is InChI=1S/C16H15NO3S/c18-15(13-2-1-3-14-12(13)8-9-21-14)17-11-6-4-10(5-7-11)16(19)20/h4-9,13H,1-3H2,(H,17,18)(H,19,20). The minimum Gasteiger partial charge on any atom is -0.478 e. The lowest BCUT2D eigenvalue weighted by Gasteiger charge is -2.21. The van der Waals surface area contributed by atoms with Gasteiger partial charge in [-0.05, 0) is 60.5 Å². The summed E-state index contributed by atoms with van der Waals surface area (Å²) in [5.41, 5.74) is 1.99. The van der Waals surface area contributed by atoms with Crippen molar-refractivity contribution in [3.8, 4) is 0 Å². The highest BCUT2D eigenvalue weighted by Crippen LogP contribution is 2.35. The van der Waals surface area contributed by atoms with Gasteiger partial charge in [-0.25, -0.2) is 4.79 Å². The molecule has 1 heterocycles. The van der Waals surface area contributed by atoms with E-state index in [0.717, 1.165) is 24.8 Å². The highest BCUT2D eigenvalue weighted by molar-refractivity contribution is 7.10. The summed E-state index contributed by atoms with van der Waals surface area (Å²) in [4.78, 5) is 24.5. The van der Waals surface area contributed by atoms with E-state index in [1.54, 1.807) is 23.5 Å². The van der Waals surface area contributed by atoms with E-state index in [-0.39, 0.29) is 17.4 Å². The highest BCUT2D eigenvalue weighted by atomic mass is 32.1. The number of hydrogen-bond acceptors (Lipinski definition) is 3. The van der Waals surface area contributed by atoms with Gasteiger partial charge < -0.3 is 10.4 Å². The number of carboxylic acid groups (broad SMARTS) is 1. The summed E-state index contributed by atoms with van der Waals surface area (Å²) in [5, 5.41) is 13.8. The number of nitrogens with one attached hydrogen (secondary N) is 1. The Labute approximate surface area is 126 Å². The Bertz CT molecular complexity index is 675. The van der Waals surface area contributed by atoms with Crippen molar-refractivity contribution < 1.29 is 14.7 Å². The molecule has 0 bridgehead atoms. The van der Waals surface area contributed by atoms with Crippen molar-refractivity contribution in [1.29, 1.82) is 0 Å². The van der Waals surface area contributed by atoms with Crippen LogP contribution in [0.3, 0.4) is 0 Å². The summed E-state index contributed by atoms with van der Waals surface area (Å²) >= 11 is 1.71. The summed E-state index contributed by atoms with van der Waals surface area (Å²) in [7, 11) is 0. The first-order chi connectivity index (χ1) is 10.1. The molecule has 1 aromatic carbocycles. The first kappa shape index (κ1) is 13.8. The molecule has 21 heavy (non-hydrogen) atoms. The number of aromatic carboxylic acids is 1. The second kappa shape index (κ2) is 5.69. The van der Waals surface area contributed by atoms with E-state index in [4.69, 9.17) is 5.11 Å². The first-order valence-corrected chi connectivity index (χ1v) is 7.73. The molecule has 108 valence electrons. The summed E-state index contributed by atoms with van der Waals surface area (Å²) in [6.07, 6.45) is 2.95. The van der Waals surface area contributed by atoms with Gasteiger partial charge in [0.05, 0.1) is 11.5 Å². The van der Waals surface area contributed by atoms with Crippen molar-refractivity contribution in [3.63, 3.8) is 0 Å². The van der Waals surface area contributed by atoms with Crippen LogP contribution in [-0.4, -0.2) is 17.0 Å². The largest absolute Gasteiger partial charge is 0.478 e. The fourth-order valence-corrected chi connectivity index (χ4v) is 3.67. The van der Waals surface area contributed by atoms with Crippen LogP contribution >= 0.6 is 11.3 Å². The molecule has 1 aromatic heterocycles. The van der Waals surface area contributed by atoms with Crippen LogP contribution in [0.25, 0.3) is 0 Å².